The van der Waals surface area contributed by atoms with E-state index in [2.05, 4.69) is 60.3 Å². The van der Waals surface area contributed by atoms with Crippen LogP contribution in [-0.4, -0.2) is 47.8 Å². The topological polar surface area (TPSA) is 62.5 Å². The molecule has 2 heterocycles. The minimum atomic E-state index is -3.67. The Balaban J connectivity index is 0.000000376. The molecule has 1 saturated heterocycles. The molecule has 150 valence electrons. The molecule has 1 aliphatic heterocycles. The monoisotopic (exact) mass is 410 g/mol. The first kappa shape index (κ1) is 20.7. The van der Waals surface area contributed by atoms with Crippen molar-refractivity contribution in [1.82, 2.24) is 9.47 Å². The lowest BCUT2D eigenvalue weighted by atomic mass is 9.72. The average Bonchev–Trinajstić information content (AvgIpc) is 2.94. The number of nitrogens with zero attached hydrogens (tertiary/aromatic N) is 2. The molecular formula is C20H30N2O3S2. The molecule has 0 amide bonds. The molecule has 1 N–H and O–H groups in total. The Labute approximate surface area is 167 Å². The quantitative estimate of drug-likeness (QED) is 0.597. The molecule has 1 aliphatic carbocycles. The van der Waals surface area contributed by atoms with E-state index in [1.165, 1.54) is 48.8 Å². The van der Waals surface area contributed by atoms with E-state index in [0.717, 1.165) is 11.8 Å². The normalized spacial score (nSPS) is 25.0. The molecule has 1 fully saturated rings. The number of likely N-dealkylation sites (tertiary alicyclic amines) is 1. The van der Waals surface area contributed by atoms with Gasteiger partial charge in [0.25, 0.3) is 10.1 Å². The number of hydrogen-bond acceptors (Lipinski definition) is 4. The molecule has 0 bridgehead atoms. The van der Waals surface area contributed by atoms with Gasteiger partial charge >= 0.3 is 0 Å². The van der Waals surface area contributed by atoms with Crippen LogP contribution in [0.1, 0.15) is 43.7 Å². The summed E-state index contributed by atoms with van der Waals surface area (Å²) >= 11 is 4.51. The fourth-order valence-corrected chi connectivity index (χ4v) is 5.11. The van der Waals surface area contributed by atoms with Crippen molar-refractivity contribution in [2.24, 2.45) is 5.92 Å². The van der Waals surface area contributed by atoms with Gasteiger partial charge in [-0.05, 0) is 48.9 Å². The molecule has 1 aromatic carbocycles. The van der Waals surface area contributed by atoms with Crippen LogP contribution in [0.5, 0.6) is 0 Å². The van der Waals surface area contributed by atoms with Crippen LogP contribution in [-0.2, 0) is 22.4 Å². The van der Waals surface area contributed by atoms with Gasteiger partial charge in [-0.1, -0.05) is 26.0 Å². The average molecular weight is 411 g/mol. The van der Waals surface area contributed by atoms with Crippen molar-refractivity contribution >= 4 is 33.6 Å². The fourth-order valence-electron chi connectivity index (χ4n) is 4.88. The van der Waals surface area contributed by atoms with Gasteiger partial charge in [0.05, 0.1) is 12.1 Å². The second-order valence-corrected chi connectivity index (χ2v) is 9.70. The van der Waals surface area contributed by atoms with Crippen molar-refractivity contribution in [2.45, 2.75) is 50.9 Å². The summed E-state index contributed by atoms with van der Waals surface area (Å²) in [7, 11) is -3.67. The molecule has 2 aliphatic rings. The predicted octanol–water partition coefficient (Wildman–Crippen LogP) is 3.79. The highest BCUT2D eigenvalue weighted by atomic mass is 32.2. The van der Waals surface area contributed by atoms with Gasteiger partial charge in [0, 0.05) is 35.6 Å². The molecule has 1 aromatic heterocycles. The van der Waals surface area contributed by atoms with E-state index in [0.29, 0.717) is 18.2 Å². The first-order valence-corrected chi connectivity index (χ1v) is 12.1. The van der Waals surface area contributed by atoms with Gasteiger partial charge in [-0.3, -0.25) is 9.45 Å². The number of thiol groups is 1. The highest BCUT2D eigenvalue weighted by Gasteiger charge is 2.39. The van der Waals surface area contributed by atoms with E-state index in [1.807, 2.05) is 0 Å². The van der Waals surface area contributed by atoms with Crippen molar-refractivity contribution in [3.05, 3.63) is 35.5 Å². The second-order valence-electron chi connectivity index (χ2n) is 7.95. The molecule has 2 aromatic rings. The van der Waals surface area contributed by atoms with E-state index < -0.39 is 10.1 Å². The summed E-state index contributed by atoms with van der Waals surface area (Å²) in [5.41, 5.74) is 4.51. The van der Waals surface area contributed by atoms with Crippen molar-refractivity contribution in [1.29, 1.82) is 0 Å². The molecule has 0 radical (unpaired) electrons. The smallest absolute Gasteiger partial charge is 0.261 e. The van der Waals surface area contributed by atoms with Gasteiger partial charge in [0.15, 0.2) is 0 Å². The van der Waals surface area contributed by atoms with Crippen LogP contribution in [0.25, 0.3) is 10.9 Å². The summed E-state index contributed by atoms with van der Waals surface area (Å²) < 4.78 is 28.2. The molecule has 5 nitrogen and oxygen atoms in total. The van der Waals surface area contributed by atoms with Crippen LogP contribution >= 0.6 is 12.6 Å². The van der Waals surface area contributed by atoms with Gasteiger partial charge in [-0.15, -0.1) is 0 Å². The van der Waals surface area contributed by atoms with E-state index in [1.54, 1.807) is 5.56 Å². The Morgan fingerprint density at radius 1 is 1.33 bits per heavy atom. The third-order valence-electron chi connectivity index (χ3n) is 5.64. The zero-order valence-electron chi connectivity index (χ0n) is 16.3. The van der Waals surface area contributed by atoms with E-state index in [9.17, 15) is 8.42 Å². The molecule has 3 atom stereocenters. The first-order chi connectivity index (χ1) is 12.7. The number of aromatic nitrogens is 1. The Bertz CT molecular complexity index is 899. The van der Waals surface area contributed by atoms with Crippen LogP contribution in [0.2, 0.25) is 0 Å². The Kier molecular flexibility index (Phi) is 6.25. The Morgan fingerprint density at radius 3 is 2.67 bits per heavy atom. The standard InChI is InChI=1S/C19H26N2S.CH4O3S/c1-3-7-20-10-13(2)8-16-15-5-4-6-17-19(15)14(9-18(16)20)11-21(17)12-22;1-5(2,3)4/h4-6,11,13,16,18,22H,3,7-10,12H2,1-2H3;1H3,(H,2,3,4)/t13-,16+,18+;/m0./s1. The maximum absolute atomic E-state index is 9.19. The first-order valence-electron chi connectivity index (χ1n) is 9.60. The van der Waals surface area contributed by atoms with Gasteiger partial charge in [-0.2, -0.15) is 21.0 Å². The number of fused-ring (bicyclic) bond motifs is 2. The number of rotatable bonds is 3. The van der Waals surface area contributed by atoms with Crippen LogP contribution in [0.3, 0.4) is 0 Å². The highest BCUT2D eigenvalue weighted by molar-refractivity contribution is 7.85. The molecular weight excluding hydrogens is 380 g/mol. The van der Waals surface area contributed by atoms with E-state index >= 15 is 0 Å². The zero-order valence-corrected chi connectivity index (χ0v) is 18.0. The van der Waals surface area contributed by atoms with Crippen LogP contribution < -0.4 is 0 Å². The van der Waals surface area contributed by atoms with E-state index in [-0.39, 0.29) is 0 Å². The summed E-state index contributed by atoms with van der Waals surface area (Å²) in [6.07, 6.45) is 6.87. The van der Waals surface area contributed by atoms with Crippen molar-refractivity contribution < 1.29 is 13.0 Å². The van der Waals surface area contributed by atoms with Gasteiger partial charge in [0.1, 0.15) is 0 Å². The van der Waals surface area contributed by atoms with Gasteiger partial charge in [-0.25, -0.2) is 0 Å². The molecule has 4 rings (SSSR count). The summed E-state index contributed by atoms with van der Waals surface area (Å²) in [5.74, 6) is 2.28. The minimum Gasteiger partial charge on any atom is -0.338 e. The molecule has 7 heteroatoms. The summed E-state index contributed by atoms with van der Waals surface area (Å²) in [6.45, 7) is 7.24. The number of benzene rings is 1. The number of hydrogen-bond donors (Lipinski definition) is 2. The summed E-state index contributed by atoms with van der Waals surface area (Å²) in [6, 6.07) is 7.58. The SMILES string of the molecule is CCCN1C[C@@H](C)C[C@@H]2c3cccc4c3c(cn4CS)C[C@H]21.CS(=O)(=O)O. The Morgan fingerprint density at radius 2 is 2.04 bits per heavy atom. The third kappa shape index (κ3) is 4.53. The van der Waals surface area contributed by atoms with Crippen LogP contribution in [0.15, 0.2) is 24.4 Å². The lowest BCUT2D eigenvalue weighted by Gasteiger charge is -2.46. The van der Waals surface area contributed by atoms with Gasteiger partial charge in [0.2, 0.25) is 0 Å². The summed E-state index contributed by atoms with van der Waals surface area (Å²) in [5, 5.41) is 1.53. The van der Waals surface area contributed by atoms with Crippen molar-refractivity contribution in [3.63, 3.8) is 0 Å². The molecule has 27 heavy (non-hydrogen) atoms. The predicted molar refractivity (Wildman–Crippen MR) is 114 cm³/mol. The minimum absolute atomic E-state index is 0.699. The summed E-state index contributed by atoms with van der Waals surface area (Å²) in [4.78, 5) is 2.76. The molecule has 0 unspecified atom stereocenters. The van der Waals surface area contributed by atoms with Crippen molar-refractivity contribution in [3.8, 4) is 0 Å². The van der Waals surface area contributed by atoms with Crippen molar-refractivity contribution in [2.75, 3.05) is 19.3 Å². The number of piperidine rings is 1. The third-order valence-corrected chi connectivity index (χ3v) is 5.95. The Hall–Kier alpha value is -1.02. The van der Waals surface area contributed by atoms with E-state index in [4.69, 9.17) is 4.55 Å². The largest absolute Gasteiger partial charge is 0.338 e. The lowest BCUT2D eigenvalue weighted by molar-refractivity contribution is 0.0910. The van der Waals surface area contributed by atoms with Gasteiger partial charge < -0.3 is 4.57 Å². The highest BCUT2D eigenvalue weighted by Crippen LogP contribution is 2.45. The fraction of sp³-hybridized carbons (Fsp3) is 0.600. The maximum Gasteiger partial charge on any atom is 0.261 e. The lowest BCUT2D eigenvalue weighted by Crippen LogP contribution is -2.49. The van der Waals surface area contributed by atoms with Crippen LogP contribution in [0, 0.1) is 5.92 Å². The maximum atomic E-state index is 9.19. The zero-order chi connectivity index (χ0) is 19.8. The molecule has 0 saturated carbocycles. The second kappa shape index (κ2) is 8.15. The molecule has 0 spiro atoms. The van der Waals surface area contributed by atoms with Crippen LogP contribution in [0.4, 0.5) is 0 Å².